The molecule has 33 heavy (non-hydrogen) atoms. The van der Waals surface area contributed by atoms with E-state index >= 15 is 4.39 Å². The van der Waals surface area contributed by atoms with Crippen LogP contribution in [0.4, 0.5) is 25.4 Å². The van der Waals surface area contributed by atoms with Crippen LogP contribution in [0, 0.1) is 5.82 Å². The molecule has 0 bridgehead atoms. The largest absolute Gasteiger partial charge is 0.442 e. The number of urea groups is 1. The first kappa shape index (κ1) is 23.1. The number of cyclic esters (lactones) is 1. The van der Waals surface area contributed by atoms with Gasteiger partial charge in [-0.25, -0.2) is 19.4 Å². The highest BCUT2D eigenvalue weighted by molar-refractivity contribution is 8.14. The summed E-state index contributed by atoms with van der Waals surface area (Å²) in [6.45, 7) is 4.25. The number of thioether (sulfide) groups is 1. The number of benzene rings is 1. The molecule has 0 saturated carbocycles. The first-order chi connectivity index (χ1) is 15.9. The maximum atomic E-state index is 15.0. The summed E-state index contributed by atoms with van der Waals surface area (Å²) in [5.74, 6) is 0.172. The van der Waals surface area contributed by atoms with Crippen LogP contribution in [0.25, 0.3) is 0 Å². The normalized spacial score (nSPS) is 20.9. The number of nitrogens with zero attached hydrogens (tertiary/aromatic N) is 4. The molecule has 178 valence electrons. The monoisotopic (exact) mass is 479 g/mol. The van der Waals surface area contributed by atoms with Gasteiger partial charge in [-0.15, -0.1) is 0 Å². The summed E-state index contributed by atoms with van der Waals surface area (Å²) in [5, 5.41) is 7.48. The third-order valence-electron chi connectivity index (χ3n) is 5.36. The number of hydrazine groups is 1. The summed E-state index contributed by atoms with van der Waals surface area (Å²) in [6.07, 6.45) is -1.07. The molecule has 3 heterocycles. The summed E-state index contributed by atoms with van der Waals surface area (Å²) in [4.78, 5) is 43.1. The minimum Gasteiger partial charge on any atom is -0.442 e. The molecule has 0 aromatic heterocycles. The molecule has 0 unspecified atom stereocenters. The first-order valence-corrected chi connectivity index (χ1v) is 11.7. The van der Waals surface area contributed by atoms with Crippen molar-refractivity contribution in [2.75, 3.05) is 61.4 Å². The Morgan fingerprint density at radius 2 is 2.18 bits per heavy atom. The Morgan fingerprint density at radius 1 is 1.33 bits per heavy atom. The van der Waals surface area contributed by atoms with Crippen LogP contribution in [0.3, 0.4) is 0 Å². The highest BCUT2D eigenvalue weighted by Crippen LogP contribution is 2.28. The lowest BCUT2D eigenvalue weighted by molar-refractivity contribution is -0.119. The van der Waals surface area contributed by atoms with Crippen LogP contribution in [0.15, 0.2) is 23.2 Å². The Hall–Kier alpha value is -3.06. The van der Waals surface area contributed by atoms with E-state index in [0.717, 1.165) is 5.75 Å². The molecule has 1 aromatic carbocycles. The Balaban J connectivity index is 1.36. The van der Waals surface area contributed by atoms with Crippen molar-refractivity contribution >= 4 is 46.3 Å². The predicted molar refractivity (Wildman–Crippen MR) is 123 cm³/mol. The summed E-state index contributed by atoms with van der Waals surface area (Å²) < 4.78 is 20.3. The Morgan fingerprint density at radius 3 is 2.91 bits per heavy atom. The van der Waals surface area contributed by atoms with Gasteiger partial charge in [0.1, 0.15) is 11.9 Å². The number of nitrogens with one attached hydrogen (secondary N) is 3. The number of ether oxygens (including phenoxy) is 1. The van der Waals surface area contributed by atoms with E-state index in [2.05, 4.69) is 21.1 Å². The number of hydrogen-bond acceptors (Lipinski definition) is 8. The molecule has 3 N–H and O–H groups in total. The molecule has 0 aliphatic carbocycles. The van der Waals surface area contributed by atoms with Crippen molar-refractivity contribution in [1.29, 1.82) is 0 Å². The van der Waals surface area contributed by atoms with Crippen molar-refractivity contribution in [3.8, 4) is 0 Å². The van der Waals surface area contributed by atoms with Crippen LogP contribution in [0.1, 0.15) is 6.92 Å². The third kappa shape index (κ3) is 5.66. The van der Waals surface area contributed by atoms with Crippen LogP contribution in [-0.4, -0.2) is 85.9 Å². The SMILES string of the molecule is CC(=O)NC[C@H]1CN(c2ccc(N3CCNN(C(=O)NC4=NCCS4)CC3)c(F)c2)C(=O)O1. The van der Waals surface area contributed by atoms with Crippen molar-refractivity contribution in [3.63, 3.8) is 0 Å². The summed E-state index contributed by atoms with van der Waals surface area (Å²) in [6, 6.07) is 4.30. The number of hydrogen-bond donors (Lipinski definition) is 3. The van der Waals surface area contributed by atoms with Crippen LogP contribution >= 0.6 is 11.8 Å². The fraction of sp³-hybridized carbons (Fsp3) is 0.500. The summed E-state index contributed by atoms with van der Waals surface area (Å²) >= 11 is 1.50. The van der Waals surface area contributed by atoms with Crippen LogP contribution in [-0.2, 0) is 9.53 Å². The molecule has 4 rings (SSSR count). The molecule has 2 fully saturated rings. The summed E-state index contributed by atoms with van der Waals surface area (Å²) in [5.41, 5.74) is 3.83. The minimum atomic E-state index is -0.580. The minimum absolute atomic E-state index is 0.203. The zero-order chi connectivity index (χ0) is 23.4. The predicted octanol–water partition coefficient (Wildman–Crippen LogP) is 0.726. The number of rotatable bonds is 4. The van der Waals surface area contributed by atoms with E-state index in [1.165, 1.54) is 34.7 Å². The fourth-order valence-corrected chi connectivity index (χ4v) is 4.45. The van der Waals surface area contributed by atoms with Gasteiger partial charge in [-0.3, -0.25) is 25.0 Å². The quantitative estimate of drug-likeness (QED) is 0.583. The van der Waals surface area contributed by atoms with Crippen molar-refractivity contribution in [3.05, 3.63) is 24.0 Å². The number of aliphatic imine (C=N–C) groups is 1. The lowest BCUT2D eigenvalue weighted by Crippen LogP contribution is -2.49. The maximum Gasteiger partial charge on any atom is 0.414 e. The van der Waals surface area contributed by atoms with Gasteiger partial charge >= 0.3 is 12.1 Å². The van der Waals surface area contributed by atoms with Crippen molar-refractivity contribution in [2.24, 2.45) is 4.99 Å². The van der Waals surface area contributed by atoms with Crippen molar-refractivity contribution < 1.29 is 23.5 Å². The lowest BCUT2D eigenvalue weighted by Gasteiger charge is -2.24. The molecule has 1 aromatic rings. The molecule has 1 atom stereocenters. The fourth-order valence-electron chi connectivity index (χ4n) is 3.73. The van der Waals surface area contributed by atoms with Gasteiger partial charge in [0.05, 0.1) is 37.6 Å². The lowest BCUT2D eigenvalue weighted by atomic mass is 10.2. The second kappa shape index (κ2) is 10.3. The number of amides is 4. The van der Waals surface area contributed by atoms with Gasteiger partial charge in [-0.1, -0.05) is 11.8 Å². The Labute approximate surface area is 194 Å². The van der Waals surface area contributed by atoms with E-state index < -0.39 is 18.0 Å². The summed E-state index contributed by atoms with van der Waals surface area (Å²) in [7, 11) is 0. The zero-order valence-electron chi connectivity index (χ0n) is 18.2. The van der Waals surface area contributed by atoms with Crippen molar-refractivity contribution in [1.82, 2.24) is 21.1 Å². The van der Waals surface area contributed by atoms with Gasteiger partial charge < -0.3 is 15.0 Å². The second-order valence-electron chi connectivity index (χ2n) is 7.70. The van der Waals surface area contributed by atoms with Gasteiger partial charge in [0.2, 0.25) is 5.91 Å². The molecular formula is C20H26FN7O4S. The molecule has 2 saturated heterocycles. The molecule has 3 aliphatic heterocycles. The van der Waals surface area contributed by atoms with Crippen LogP contribution < -0.4 is 25.9 Å². The number of anilines is 2. The van der Waals surface area contributed by atoms with Gasteiger partial charge in [-0.05, 0) is 18.2 Å². The van der Waals surface area contributed by atoms with E-state index in [4.69, 9.17) is 4.74 Å². The van der Waals surface area contributed by atoms with Crippen LogP contribution in [0.5, 0.6) is 0 Å². The molecule has 3 aliphatic rings. The van der Waals surface area contributed by atoms with Gasteiger partial charge in [0.15, 0.2) is 5.17 Å². The molecule has 4 amide bonds. The highest BCUT2D eigenvalue weighted by Gasteiger charge is 2.33. The molecule has 13 heteroatoms. The molecule has 0 radical (unpaired) electrons. The van der Waals surface area contributed by atoms with Gasteiger partial charge in [0, 0.05) is 32.3 Å². The number of halogens is 1. The third-order valence-corrected chi connectivity index (χ3v) is 6.25. The zero-order valence-corrected chi connectivity index (χ0v) is 19.0. The maximum absolute atomic E-state index is 15.0. The highest BCUT2D eigenvalue weighted by atomic mass is 32.2. The molecular weight excluding hydrogens is 453 g/mol. The Bertz CT molecular complexity index is 962. The average Bonchev–Trinajstić information content (AvgIpc) is 3.35. The topological polar surface area (TPSA) is 119 Å². The second-order valence-corrected chi connectivity index (χ2v) is 8.79. The van der Waals surface area contributed by atoms with E-state index in [0.29, 0.717) is 49.3 Å². The first-order valence-electron chi connectivity index (χ1n) is 10.7. The van der Waals surface area contributed by atoms with E-state index in [-0.39, 0.29) is 25.0 Å². The smallest absolute Gasteiger partial charge is 0.414 e. The van der Waals surface area contributed by atoms with Gasteiger partial charge in [0.25, 0.3) is 0 Å². The van der Waals surface area contributed by atoms with E-state index in [1.807, 2.05) is 4.90 Å². The number of carbonyl (C=O) groups is 3. The Kier molecular flexibility index (Phi) is 7.18. The van der Waals surface area contributed by atoms with E-state index in [1.54, 1.807) is 12.1 Å². The molecule has 11 nitrogen and oxygen atoms in total. The van der Waals surface area contributed by atoms with E-state index in [9.17, 15) is 14.4 Å². The number of carbonyl (C=O) groups excluding carboxylic acids is 3. The van der Waals surface area contributed by atoms with Crippen molar-refractivity contribution in [2.45, 2.75) is 13.0 Å². The molecule has 0 spiro atoms. The average molecular weight is 480 g/mol. The van der Waals surface area contributed by atoms with Crippen LogP contribution in [0.2, 0.25) is 0 Å². The number of amidine groups is 1. The van der Waals surface area contributed by atoms with Gasteiger partial charge in [-0.2, -0.15) is 0 Å². The standard InChI is InChI=1S/C20H26FN7O4S/c1-13(29)23-11-15-12-27(20(31)32-15)14-2-3-17(16(21)10-14)26-6-4-24-28(8-7-26)19(30)25-18-22-5-9-33-18/h2-3,10,15,24H,4-9,11-12H2,1H3,(H,23,29)(H,22,25,30)/t15-/m0/s1.